The van der Waals surface area contributed by atoms with E-state index in [4.69, 9.17) is 27.9 Å². The van der Waals surface area contributed by atoms with Crippen LogP contribution in [-0.2, 0) is 4.79 Å². The third-order valence-corrected chi connectivity index (χ3v) is 3.68. The lowest BCUT2D eigenvalue weighted by atomic mass is 10.2. The Labute approximate surface area is 143 Å². The van der Waals surface area contributed by atoms with Crippen LogP contribution >= 0.6 is 23.2 Å². The van der Waals surface area contributed by atoms with Crippen molar-refractivity contribution < 1.29 is 14.3 Å². The van der Waals surface area contributed by atoms with Crippen LogP contribution < -0.4 is 15.4 Å². The summed E-state index contributed by atoms with van der Waals surface area (Å²) in [6, 6.07) is 11.4. The molecule has 0 heterocycles. The van der Waals surface area contributed by atoms with Crippen LogP contribution in [0.25, 0.3) is 0 Å². The SMILES string of the molecule is COc1cccc(C(=O)NCC(=O)Nc2ccc(Cl)c(Cl)c2)c1. The predicted molar refractivity (Wildman–Crippen MR) is 90.4 cm³/mol. The highest BCUT2D eigenvalue weighted by Crippen LogP contribution is 2.24. The van der Waals surface area contributed by atoms with Gasteiger partial charge in [0, 0.05) is 11.3 Å². The molecule has 0 aliphatic heterocycles. The molecule has 0 saturated heterocycles. The largest absolute Gasteiger partial charge is 0.497 e. The Hall–Kier alpha value is -2.24. The minimum absolute atomic E-state index is 0.170. The first kappa shape index (κ1) is 17.1. The van der Waals surface area contributed by atoms with Crippen LogP contribution in [-0.4, -0.2) is 25.5 Å². The molecule has 0 bridgehead atoms. The first-order chi connectivity index (χ1) is 11.0. The first-order valence-electron chi connectivity index (χ1n) is 6.67. The molecule has 5 nitrogen and oxygen atoms in total. The molecular weight excluding hydrogens is 339 g/mol. The molecular formula is C16H14Cl2N2O3. The van der Waals surface area contributed by atoms with Gasteiger partial charge >= 0.3 is 0 Å². The molecule has 23 heavy (non-hydrogen) atoms. The molecule has 0 spiro atoms. The number of halogens is 2. The van der Waals surface area contributed by atoms with Gasteiger partial charge in [-0.15, -0.1) is 0 Å². The summed E-state index contributed by atoms with van der Waals surface area (Å²) in [7, 11) is 1.52. The number of carbonyl (C=O) groups is 2. The monoisotopic (exact) mass is 352 g/mol. The zero-order valence-corrected chi connectivity index (χ0v) is 13.7. The molecule has 0 saturated carbocycles. The van der Waals surface area contributed by atoms with Gasteiger partial charge in [-0.1, -0.05) is 29.3 Å². The zero-order valence-electron chi connectivity index (χ0n) is 12.2. The Morgan fingerprint density at radius 2 is 1.87 bits per heavy atom. The van der Waals surface area contributed by atoms with Crippen molar-refractivity contribution in [2.45, 2.75) is 0 Å². The van der Waals surface area contributed by atoms with Crippen LogP contribution in [0.4, 0.5) is 5.69 Å². The van der Waals surface area contributed by atoms with Crippen LogP contribution in [0.15, 0.2) is 42.5 Å². The molecule has 2 amide bonds. The number of carbonyl (C=O) groups excluding carboxylic acids is 2. The first-order valence-corrected chi connectivity index (χ1v) is 7.42. The highest BCUT2D eigenvalue weighted by molar-refractivity contribution is 6.42. The molecule has 0 aliphatic rings. The fourth-order valence-electron chi connectivity index (χ4n) is 1.81. The van der Waals surface area contributed by atoms with E-state index in [9.17, 15) is 9.59 Å². The summed E-state index contributed by atoms with van der Waals surface area (Å²) in [6.45, 7) is -0.170. The normalized spacial score (nSPS) is 10.0. The number of nitrogens with one attached hydrogen (secondary N) is 2. The van der Waals surface area contributed by atoms with Crippen molar-refractivity contribution in [2.75, 3.05) is 19.0 Å². The Morgan fingerprint density at radius 3 is 2.57 bits per heavy atom. The lowest BCUT2D eigenvalue weighted by Crippen LogP contribution is -2.32. The summed E-state index contributed by atoms with van der Waals surface area (Å²) in [5.41, 5.74) is 0.909. The maximum absolute atomic E-state index is 12.0. The van der Waals surface area contributed by atoms with E-state index in [0.29, 0.717) is 27.0 Å². The Morgan fingerprint density at radius 1 is 1.09 bits per heavy atom. The fourth-order valence-corrected chi connectivity index (χ4v) is 2.10. The van der Waals surface area contributed by atoms with E-state index in [1.807, 2.05) is 0 Å². The Kier molecular flexibility index (Phi) is 5.84. The number of hydrogen-bond donors (Lipinski definition) is 2. The van der Waals surface area contributed by atoms with Gasteiger partial charge in [0.25, 0.3) is 5.91 Å². The predicted octanol–water partition coefficient (Wildman–Crippen LogP) is 3.37. The van der Waals surface area contributed by atoms with E-state index in [1.54, 1.807) is 36.4 Å². The molecule has 0 radical (unpaired) electrons. The minimum Gasteiger partial charge on any atom is -0.497 e. The molecule has 7 heteroatoms. The van der Waals surface area contributed by atoms with Crippen molar-refractivity contribution in [3.8, 4) is 5.75 Å². The summed E-state index contributed by atoms with van der Waals surface area (Å²) < 4.78 is 5.05. The number of hydrogen-bond acceptors (Lipinski definition) is 3. The topological polar surface area (TPSA) is 67.4 Å². The minimum atomic E-state index is -0.375. The Bertz CT molecular complexity index is 735. The van der Waals surface area contributed by atoms with Gasteiger partial charge < -0.3 is 15.4 Å². The van der Waals surface area contributed by atoms with Crippen LogP contribution in [0.3, 0.4) is 0 Å². The van der Waals surface area contributed by atoms with Crippen molar-refractivity contribution in [1.29, 1.82) is 0 Å². The van der Waals surface area contributed by atoms with E-state index in [0.717, 1.165) is 0 Å². The molecule has 2 aromatic carbocycles. The lowest BCUT2D eigenvalue weighted by molar-refractivity contribution is -0.115. The number of anilines is 1. The standard InChI is InChI=1S/C16H14Cl2N2O3/c1-23-12-4-2-3-10(7-12)16(22)19-9-15(21)20-11-5-6-13(17)14(18)8-11/h2-8H,9H2,1H3,(H,19,22)(H,20,21). The Balaban J connectivity index is 1.90. The second kappa shape index (κ2) is 7.85. The average molecular weight is 353 g/mol. The van der Waals surface area contributed by atoms with Gasteiger partial charge in [-0.2, -0.15) is 0 Å². The van der Waals surface area contributed by atoms with Crippen molar-refractivity contribution in [2.24, 2.45) is 0 Å². The highest BCUT2D eigenvalue weighted by atomic mass is 35.5. The number of ether oxygens (including phenoxy) is 1. The summed E-state index contributed by atoms with van der Waals surface area (Å²) in [4.78, 5) is 23.8. The molecule has 0 aromatic heterocycles. The van der Waals surface area contributed by atoms with Crippen molar-refractivity contribution >= 4 is 40.7 Å². The molecule has 120 valence electrons. The van der Waals surface area contributed by atoms with Gasteiger partial charge in [0.05, 0.1) is 23.7 Å². The quantitative estimate of drug-likeness (QED) is 0.866. The third kappa shape index (κ3) is 4.87. The van der Waals surface area contributed by atoms with E-state index in [2.05, 4.69) is 10.6 Å². The average Bonchev–Trinajstić information content (AvgIpc) is 2.56. The molecule has 2 N–H and O–H groups in total. The second-order valence-corrected chi connectivity index (χ2v) is 5.41. The van der Waals surface area contributed by atoms with Crippen molar-refractivity contribution in [3.63, 3.8) is 0 Å². The summed E-state index contributed by atoms with van der Waals surface area (Å²) >= 11 is 11.7. The van der Waals surface area contributed by atoms with E-state index in [-0.39, 0.29) is 18.4 Å². The van der Waals surface area contributed by atoms with Crippen LogP contribution in [0.5, 0.6) is 5.75 Å². The van der Waals surface area contributed by atoms with Crippen LogP contribution in [0.2, 0.25) is 10.0 Å². The van der Waals surface area contributed by atoms with E-state index in [1.165, 1.54) is 13.2 Å². The highest BCUT2D eigenvalue weighted by Gasteiger charge is 2.09. The number of rotatable bonds is 5. The fraction of sp³-hybridized carbons (Fsp3) is 0.125. The molecule has 2 rings (SSSR count). The van der Waals surface area contributed by atoms with E-state index >= 15 is 0 Å². The van der Waals surface area contributed by atoms with Gasteiger partial charge in [0.15, 0.2) is 0 Å². The number of benzene rings is 2. The van der Waals surface area contributed by atoms with Crippen LogP contribution in [0.1, 0.15) is 10.4 Å². The summed E-state index contributed by atoms with van der Waals surface area (Å²) in [5, 5.41) is 5.89. The van der Waals surface area contributed by atoms with Gasteiger partial charge in [-0.3, -0.25) is 9.59 Å². The second-order valence-electron chi connectivity index (χ2n) is 4.59. The van der Waals surface area contributed by atoms with Gasteiger partial charge in [-0.25, -0.2) is 0 Å². The molecule has 0 atom stereocenters. The number of amides is 2. The molecule has 0 fully saturated rings. The lowest BCUT2D eigenvalue weighted by Gasteiger charge is -2.08. The molecule has 2 aromatic rings. The van der Waals surface area contributed by atoms with Gasteiger partial charge in [0.2, 0.25) is 5.91 Å². The number of methoxy groups -OCH3 is 1. The maximum Gasteiger partial charge on any atom is 0.251 e. The summed E-state index contributed by atoms with van der Waals surface area (Å²) in [6.07, 6.45) is 0. The smallest absolute Gasteiger partial charge is 0.251 e. The van der Waals surface area contributed by atoms with Crippen molar-refractivity contribution in [1.82, 2.24) is 5.32 Å². The van der Waals surface area contributed by atoms with E-state index < -0.39 is 0 Å². The molecule has 0 aliphatic carbocycles. The van der Waals surface area contributed by atoms with Gasteiger partial charge in [-0.05, 0) is 36.4 Å². The third-order valence-electron chi connectivity index (χ3n) is 2.94. The summed E-state index contributed by atoms with van der Waals surface area (Å²) in [5.74, 6) is -0.175. The van der Waals surface area contributed by atoms with Crippen LogP contribution in [0, 0.1) is 0 Å². The van der Waals surface area contributed by atoms with Crippen molar-refractivity contribution in [3.05, 3.63) is 58.1 Å². The maximum atomic E-state index is 12.0. The molecule has 0 unspecified atom stereocenters. The zero-order chi connectivity index (χ0) is 16.8. The van der Waals surface area contributed by atoms with Gasteiger partial charge in [0.1, 0.15) is 5.75 Å².